The number of hydrogen-bond acceptors (Lipinski definition) is 2. The van der Waals surface area contributed by atoms with E-state index in [1.807, 2.05) is 69.3 Å². The van der Waals surface area contributed by atoms with Crippen molar-refractivity contribution >= 4 is 27.7 Å². The maximum Gasteiger partial charge on any atom is 0.242 e. The van der Waals surface area contributed by atoms with Gasteiger partial charge in [0.1, 0.15) is 6.04 Å². The molecule has 1 atom stereocenters. The number of carbonyl (C=O) groups excluding carboxylic acids is 2. The zero-order valence-corrected chi connectivity index (χ0v) is 17.9. The fourth-order valence-electron chi connectivity index (χ4n) is 2.85. The third kappa shape index (κ3) is 6.21. The third-order valence-corrected chi connectivity index (χ3v) is 5.00. The molecule has 0 fully saturated rings. The standard InChI is InChI=1S/C22H27BrN2O2/c1-15(2)24-22(27)17(4)25(14-18-9-11-20(23)12-10-18)21(26)13-19-8-6-5-7-16(19)3/h5-12,15,17H,13-14H2,1-4H3,(H,24,27). The van der Waals surface area contributed by atoms with Gasteiger partial charge in [-0.1, -0.05) is 52.3 Å². The lowest BCUT2D eigenvalue weighted by Crippen LogP contribution is -2.49. The first kappa shape index (κ1) is 21.2. The molecule has 0 spiro atoms. The van der Waals surface area contributed by atoms with E-state index in [4.69, 9.17) is 0 Å². The Bertz CT molecular complexity index is 787. The molecule has 0 aliphatic heterocycles. The highest BCUT2D eigenvalue weighted by atomic mass is 79.9. The molecule has 2 aromatic carbocycles. The van der Waals surface area contributed by atoms with Crippen LogP contribution in [-0.4, -0.2) is 28.8 Å². The van der Waals surface area contributed by atoms with Crippen molar-refractivity contribution in [1.29, 1.82) is 0 Å². The largest absolute Gasteiger partial charge is 0.352 e. The zero-order chi connectivity index (χ0) is 20.0. The summed E-state index contributed by atoms with van der Waals surface area (Å²) < 4.78 is 0.981. The molecule has 0 saturated carbocycles. The number of rotatable bonds is 7. The van der Waals surface area contributed by atoms with E-state index in [0.29, 0.717) is 6.54 Å². The van der Waals surface area contributed by atoms with Crippen LogP contribution >= 0.6 is 15.9 Å². The van der Waals surface area contributed by atoms with Crippen molar-refractivity contribution in [3.05, 3.63) is 69.7 Å². The van der Waals surface area contributed by atoms with Crippen LogP contribution in [0.15, 0.2) is 53.0 Å². The lowest BCUT2D eigenvalue weighted by molar-refractivity contribution is -0.140. The molecule has 0 radical (unpaired) electrons. The molecule has 0 aliphatic rings. The number of aryl methyl sites for hydroxylation is 1. The average molecular weight is 431 g/mol. The lowest BCUT2D eigenvalue weighted by atomic mass is 10.0. The number of benzene rings is 2. The van der Waals surface area contributed by atoms with Crippen LogP contribution < -0.4 is 5.32 Å². The van der Waals surface area contributed by atoms with Crippen LogP contribution in [0.5, 0.6) is 0 Å². The number of nitrogens with one attached hydrogen (secondary N) is 1. The number of halogens is 1. The normalized spacial score (nSPS) is 11.9. The smallest absolute Gasteiger partial charge is 0.242 e. The highest BCUT2D eigenvalue weighted by Gasteiger charge is 2.26. The van der Waals surface area contributed by atoms with Crippen molar-refractivity contribution in [3.63, 3.8) is 0 Å². The molecule has 5 heteroatoms. The van der Waals surface area contributed by atoms with Gasteiger partial charge in [0.15, 0.2) is 0 Å². The molecule has 2 amide bonds. The first-order valence-electron chi connectivity index (χ1n) is 9.16. The highest BCUT2D eigenvalue weighted by molar-refractivity contribution is 9.10. The molecule has 2 aromatic rings. The van der Waals surface area contributed by atoms with Crippen LogP contribution in [0, 0.1) is 6.92 Å². The van der Waals surface area contributed by atoms with Crippen LogP contribution in [0.3, 0.4) is 0 Å². The second-order valence-electron chi connectivity index (χ2n) is 7.09. The minimum absolute atomic E-state index is 0.0287. The minimum Gasteiger partial charge on any atom is -0.352 e. The quantitative estimate of drug-likeness (QED) is 0.713. The minimum atomic E-state index is -0.549. The summed E-state index contributed by atoms with van der Waals surface area (Å²) in [6.45, 7) is 8.01. The van der Waals surface area contributed by atoms with Crippen LogP contribution in [0.2, 0.25) is 0 Å². The molecular weight excluding hydrogens is 404 g/mol. The van der Waals surface area contributed by atoms with Crippen LogP contribution in [0.25, 0.3) is 0 Å². The average Bonchev–Trinajstić information content (AvgIpc) is 2.62. The van der Waals surface area contributed by atoms with E-state index in [2.05, 4.69) is 21.2 Å². The van der Waals surface area contributed by atoms with Gasteiger partial charge in [-0.3, -0.25) is 9.59 Å². The molecule has 144 valence electrons. The van der Waals surface area contributed by atoms with Crippen molar-refractivity contribution in [2.75, 3.05) is 0 Å². The van der Waals surface area contributed by atoms with Crippen LogP contribution in [0.1, 0.15) is 37.5 Å². The maximum absolute atomic E-state index is 13.1. The van der Waals surface area contributed by atoms with E-state index in [-0.39, 0.29) is 24.3 Å². The van der Waals surface area contributed by atoms with E-state index in [0.717, 1.165) is 21.2 Å². The molecular formula is C22H27BrN2O2. The number of nitrogens with zero attached hydrogens (tertiary/aromatic N) is 1. The molecule has 0 bridgehead atoms. The number of hydrogen-bond donors (Lipinski definition) is 1. The zero-order valence-electron chi connectivity index (χ0n) is 16.3. The van der Waals surface area contributed by atoms with Gasteiger partial charge < -0.3 is 10.2 Å². The van der Waals surface area contributed by atoms with Crippen molar-refractivity contribution < 1.29 is 9.59 Å². The van der Waals surface area contributed by atoms with Crippen LogP contribution in [-0.2, 0) is 22.6 Å². The monoisotopic (exact) mass is 430 g/mol. The molecule has 2 rings (SSSR count). The second-order valence-corrected chi connectivity index (χ2v) is 8.01. The highest BCUT2D eigenvalue weighted by Crippen LogP contribution is 2.16. The predicted octanol–water partition coefficient (Wildman–Crippen LogP) is 4.24. The Balaban J connectivity index is 2.24. The van der Waals surface area contributed by atoms with Crippen molar-refractivity contribution in [2.24, 2.45) is 0 Å². The molecule has 4 nitrogen and oxygen atoms in total. The van der Waals surface area contributed by atoms with Crippen molar-refractivity contribution in [2.45, 2.75) is 52.7 Å². The topological polar surface area (TPSA) is 49.4 Å². The van der Waals surface area contributed by atoms with Gasteiger partial charge in [-0.15, -0.1) is 0 Å². The van der Waals surface area contributed by atoms with Gasteiger partial charge in [-0.2, -0.15) is 0 Å². The molecule has 1 unspecified atom stereocenters. The van der Waals surface area contributed by atoms with Gasteiger partial charge in [0.05, 0.1) is 6.42 Å². The van der Waals surface area contributed by atoms with Gasteiger partial charge in [0.2, 0.25) is 11.8 Å². The van der Waals surface area contributed by atoms with E-state index < -0.39 is 6.04 Å². The first-order valence-corrected chi connectivity index (χ1v) is 9.96. The molecule has 0 aliphatic carbocycles. The van der Waals surface area contributed by atoms with E-state index in [9.17, 15) is 9.59 Å². The number of carbonyl (C=O) groups is 2. The van der Waals surface area contributed by atoms with Crippen molar-refractivity contribution in [1.82, 2.24) is 10.2 Å². The lowest BCUT2D eigenvalue weighted by Gasteiger charge is -2.29. The first-order chi connectivity index (χ1) is 12.8. The maximum atomic E-state index is 13.1. The second kappa shape index (κ2) is 9.70. The molecule has 27 heavy (non-hydrogen) atoms. The number of amides is 2. The van der Waals surface area contributed by atoms with E-state index in [1.165, 1.54) is 0 Å². The molecule has 0 aromatic heterocycles. The Morgan fingerprint density at radius 1 is 1.04 bits per heavy atom. The van der Waals surface area contributed by atoms with Gasteiger partial charge in [0.25, 0.3) is 0 Å². The van der Waals surface area contributed by atoms with E-state index in [1.54, 1.807) is 11.8 Å². The van der Waals surface area contributed by atoms with Crippen LogP contribution in [0.4, 0.5) is 0 Å². The van der Waals surface area contributed by atoms with Gasteiger partial charge >= 0.3 is 0 Å². The summed E-state index contributed by atoms with van der Waals surface area (Å²) in [5.41, 5.74) is 3.05. The van der Waals surface area contributed by atoms with Gasteiger partial charge in [-0.25, -0.2) is 0 Å². The molecule has 0 saturated heterocycles. The summed E-state index contributed by atoms with van der Waals surface area (Å²) in [5, 5.41) is 2.91. The fraction of sp³-hybridized carbons (Fsp3) is 0.364. The predicted molar refractivity (Wildman–Crippen MR) is 112 cm³/mol. The summed E-state index contributed by atoms with van der Waals surface area (Å²) in [6.07, 6.45) is 0.280. The Kier molecular flexibility index (Phi) is 7.60. The SMILES string of the molecule is Cc1ccccc1CC(=O)N(Cc1ccc(Br)cc1)C(C)C(=O)NC(C)C. The van der Waals surface area contributed by atoms with Gasteiger partial charge in [0, 0.05) is 17.1 Å². The fourth-order valence-corrected chi connectivity index (χ4v) is 3.11. The Morgan fingerprint density at radius 2 is 1.67 bits per heavy atom. The third-order valence-electron chi connectivity index (χ3n) is 4.47. The molecule has 1 N–H and O–H groups in total. The summed E-state index contributed by atoms with van der Waals surface area (Å²) in [6, 6.07) is 15.1. The van der Waals surface area contributed by atoms with E-state index >= 15 is 0 Å². The summed E-state index contributed by atoms with van der Waals surface area (Å²) in [5.74, 6) is -0.195. The molecule has 0 heterocycles. The summed E-state index contributed by atoms with van der Waals surface area (Å²) in [4.78, 5) is 27.3. The van der Waals surface area contributed by atoms with Gasteiger partial charge in [-0.05, 0) is 56.5 Å². The Morgan fingerprint density at radius 3 is 2.26 bits per heavy atom. The Labute approximate surface area is 170 Å². The summed E-state index contributed by atoms with van der Waals surface area (Å²) >= 11 is 3.43. The Hall–Kier alpha value is -2.14. The summed E-state index contributed by atoms with van der Waals surface area (Å²) in [7, 11) is 0. The van der Waals surface area contributed by atoms with Crippen molar-refractivity contribution in [3.8, 4) is 0 Å².